The summed E-state index contributed by atoms with van der Waals surface area (Å²) in [5.41, 5.74) is 7.78. The maximum atomic E-state index is 5.04. The van der Waals surface area contributed by atoms with E-state index in [9.17, 15) is 0 Å². The second-order valence-corrected chi connectivity index (χ2v) is 2.95. The van der Waals surface area contributed by atoms with Crippen molar-refractivity contribution in [3.63, 3.8) is 0 Å². The van der Waals surface area contributed by atoms with E-state index in [2.05, 4.69) is 43.1 Å². The third kappa shape index (κ3) is 10.6. The van der Waals surface area contributed by atoms with E-state index < -0.39 is 0 Å². The maximum absolute atomic E-state index is 5.04. The van der Waals surface area contributed by atoms with Gasteiger partial charge in [0.1, 0.15) is 0 Å². The Balaban J connectivity index is 0. The molecule has 0 saturated carbocycles. The number of amidine groups is 1. The van der Waals surface area contributed by atoms with Gasteiger partial charge in [0.05, 0.1) is 5.84 Å². The van der Waals surface area contributed by atoms with E-state index in [-0.39, 0.29) is 0 Å². The standard InChI is InChI=1S/C8H10.C3H8N2.C2H6/c1-7-5-3-4-6-8(7)2;1-3(4)5-2;1-2/h3-6H,1-2H3;1-2H3,(H2,4,5);1-2H3. The fourth-order valence-corrected chi connectivity index (χ4v) is 0.663. The molecule has 2 nitrogen and oxygen atoms in total. The molecule has 0 aromatic heterocycles. The quantitative estimate of drug-likeness (QED) is 0.515. The lowest BCUT2D eigenvalue weighted by atomic mass is 10.1. The smallest absolute Gasteiger partial charge is 0.0902 e. The molecule has 0 bridgehead atoms. The normalized spacial score (nSPS) is 9.33. The first-order valence-corrected chi connectivity index (χ1v) is 5.29. The molecule has 0 fully saturated rings. The molecule has 0 unspecified atom stereocenters. The number of nitrogens with zero attached hydrogens (tertiary/aromatic N) is 1. The van der Waals surface area contributed by atoms with E-state index in [1.165, 1.54) is 11.1 Å². The van der Waals surface area contributed by atoms with Gasteiger partial charge in [-0.25, -0.2) is 0 Å². The Morgan fingerprint density at radius 3 is 1.47 bits per heavy atom. The van der Waals surface area contributed by atoms with Crippen molar-refractivity contribution in [2.75, 3.05) is 7.05 Å². The third-order valence-corrected chi connectivity index (χ3v) is 1.78. The molecule has 0 atom stereocenters. The summed E-state index contributed by atoms with van der Waals surface area (Å²) in [6.07, 6.45) is 0. The highest BCUT2D eigenvalue weighted by Gasteiger charge is 1.83. The Kier molecular flexibility index (Phi) is 11.6. The Labute approximate surface area is 94.2 Å². The summed E-state index contributed by atoms with van der Waals surface area (Å²) in [5.74, 6) is 0.630. The van der Waals surface area contributed by atoms with E-state index in [1.807, 2.05) is 13.8 Å². The van der Waals surface area contributed by atoms with Crippen LogP contribution >= 0.6 is 0 Å². The van der Waals surface area contributed by atoms with Crippen LogP contribution in [-0.4, -0.2) is 12.9 Å². The summed E-state index contributed by atoms with van der Waals surface area (Å²) in [4.78, 5) is 3.58. The SMILES string of the molecule is CC.CN=C(C)N.Cc1ccccc1C. The molecule has 0 radical (unpaired) electrons. The van der Waals surface area contributed by atoms with E-state index >= 15 is 0 Å². The molecular weight excluding hydrogens is 184 g/mol. The minimum absolute atomic E-state index is 0.630. The molecule has 0 aliphatic carbocycles. The van der Waals surface area contributed by atoms with E-state index in [0.717, 1.165) is 0 Å². The van der Waals surface area contributed by atoms with Crippen molar-refractivity contribution in [2.24, 2.45) is 10.7 Å². The van der Waals surface area contributed by atoms with Gasteiger partial charge >= 0.3 is 0 Å². The first-order chi connectivity index (χ1) is 7.07. The van der Waals surface area contributed by atoms with Gasteiger partial charge in [-0.15, -0.1) is 0 Å². The highest BCUT2D eigenvalue weighted by atomic mass is 14.8. The van der Waals surface area contributed by atoms with Gasteiger partial charge in [-0.2, -0.15) is 0 Å². The average Bonchev–Trinajstić information content (AvgIpc) is 2.26. The number of hydrogen-bond acceptors (Lipinski definition) is 1. The molecule has 0 spiro atoms. The monoisotopic (exact) mass is 208 g/mol. The van der Waals surface area contributed by atoms with Crippen LogP contribution in [0.25, 0.3) is 0 Å². The number of nitrogens with two attached hydrogens (primary N) is 1. The molecule has 86 valence electrons. The van der Waals surface area contributed by atoms with Gasteiger partial charge in [-0.3, -0.25) is 4.99 Å². The topological polar surface area (TPSA) is 38.4 Å². The van der Waals surface area contributed by atoms with Crippen LogP contribution in [0, 0.1) is 13.8 Å². The largest absolute Gasteiger partial charge is 0.388 e. The first kappa shape index (κ1) is 16.1. The van der Waals surface area contributed by atoms with Crippen LogP contribution in [0.3, 0.4) is 0 Å². The third-order valence-electron chi connectivity index (χ3n) is 1.78. The lowest BCUT2D eigenvalue weighted by Crippen LogP contribution is -2.03. The zero-order valence-corrected chi connectivity index (χ0v) is 10.8. The van der Waals surface area contributed by atoms with Crippen molar-refractivity contribution in [1.29, 1.82) is 0 Å². The summed E-state index contributed by atoms with van der Waals surface area (Å²) in [6.45, 7) is 9.99. The molecule has 0 heterocycles. The van der Waals surface area contributed by atoms with E-state index in [1.54, 1.807) is 14.0 Å². The maximum Gasteiger partial charge on any atom is 0.0902 e. The van der Waals surface area contributed by atoms with Gasteiger partial charge in [0.25, 0.3) is 0 Å². The Hall–Kier alpha value is -1.31. The Morgan fingerprint density at radius 1 is 1.07 bits per heavy atom. The molecule has 0 amide bonds. The van der Waals surface area contributed by atoms with Gasteiger partial charge < -0.3 is 5.73 Å². The number of aryl methyl sites for hydroxylation is 2. The van der Waals surface area contributed by atoms with Crippen molar-refractivity contribution in [2.45, 2.75) is 34.6 Å². The van der Waals surface area contributed by atoms with Gasteiger partial charge in [-0.1, -0.05) is 38.1 Å². The van der Waals surface area contributed by atoms with Crippen LogP contribution in [0.15, 0.2) is 29.3 Å². The summed E-state index contributed by atoms with van der Waals surface area (Å²) in [6, 6.07) is 8.36. The predicted molar refractivity (Wildman–Crippen MR) is 70.5 cm³/mol. The summed E-state index contributed by atoms with van der Waals surface area (Å²) in [5, 5.41) is 0. The number of hydrogen-bond donors (Lipinski definition) is 1. The fraction of sp³-hybridized carbons (Fsp3) is 0.462. The van der Waals surface area contributed by atoms with Crippen molar-refractivity contribution < 1.29 is 0 Å². The summed E-state index contributed by atoms with van der Waals surface area (Å²) >= 11 is 0. The summed E-state index contributed by atoms with van der Waals surface area (Å²) in [7, 11) is 1.66. The Bertz CT molecular complexity index is 253. The lowest BCUT2D eigenvalue weighted by Gasteiger charge is -1.93. The molecule has 1 rings (SSSR count). The second-order valence-electron chi connectivity index (χ2n) is 2.95. The molecular formula is C13H24N2. The van der Waals surface area contributed by atoms with Crippen molar-refractivity contribution in [3.8, 4) is 0 Å². The molecule has 15 heavy (non-hydrogen) atoms. The Morgan fingerprint density at radius 2 is 1.33 bits per heavy atom. The van der Waals surface area contributed by atoms with Gasteiger partial charge in [0.2, 0.25) is 0 Å². The minimum atomic E-state index is 0.630. The molecule has 0 saturated heterocycles. The predicted octanol–water partition coefficient (Wildman–Crippen LogP) is 3.32. The second kappa shape index (κ2) is 10.8. The molecule has 0 aliphatic heterocycles. The zero-order chi connectivity index (χ0) is 12.3. The van der Waals surface area contributed by atoms with Gasteiger partial charge in [0.15, 0.2) is 0 Å². The number of benzene rings is 1. The number of aliphatic imine (C=N–C) groups is 1. The highest BCUT2D eigenvalue weighted by molar-refractivity contribution is 5.77. The van der Waals surface area contributed by atoms with Crippen molar-refractivity contribution in [3.05, 3.63) is 35.4 Å². The number of rotatable bonds is 0. The lowest BCUT2D eigenvalue weighted by molar-refractivity contribution is 1.34. The fourth-order valence-electron chi connectivity index (χ4n) is 0.663. The van der Waals surface area contributed by atoms with Gasteiger partial charge in [-0.05, 0) is 31.9 Å². The van der Waals surface area contributed by atoms with Crippen LogP contribution in [0.1, 0.15) is 31.9 Å². The molecule has 2 N–H and O–H groups in total. The van der Waals surface area contributed by atoms with Crippen LogP contribution < -0.4 is 5.73 Å². The van der Waals surface area contributed by atoms with Crippen LogP contribution in [0.5, 0.6) is 0 Å². The van der Waals surface area contributed by atoms with Crippen LogP contribution in [0.2, 0.25) is 0 Å². The van der Waals surface area contributed by atoms with Gasteiger partial charge in [0, 0.05) is 7.05 Å². The van der Waals surface area contributed by atoms with Crippen molar-refractivity contribution in [1.82, 2.24) is 0 Å². The average molecular weight is 208 g/mol. The summed E-state index contributed by atoms with van der Waals surface area (Å²) < 4.78 is 0. The minimum Gasteiger partial charge on any atom is -0.388 e. The van der Waals surface area contributed by atoms with Crippen molar-refractivity contribution >= 4 is 5.84 Å². The van der Waals surface area contributed by atoms with E-state index in [0.29, 0.717) is 5.84 Å². The first-order valence-electron chi connectivity index (χ1n) is 5.29. The zero-order valence-electron chi connectivity index (χ0n) is 10.8. The van der Waals surface area contributed by atoms with Crippen LogP contribution in [-0.2, 0) is 0 Å². The van der Waals surface area contributed by atoms with E-state index in [4.69, 9.17) is 5.73 Å². The molecule has 2 heteroatoms. The molecule has 0 aliphatic rings. The molecule has 1 aromatic rings. The highest BCUT2D eigenvalue weighted by Crippen LogP contribution is 2.02. The molecule has 1 aromatic carbocycles. The van der Waals surface area contributed by atoms with Crippen LogP contribution in [0.4, 0.5) is 0 Å².